The molecule has 0 radical (unpaired) electrons. The van der Waals surface area contributed by atoms with Crippen molar-refractivity contribution in [2.24, 2.45) is 0 Å². The van der Waals surface area contributed by atoms with Crippen molar-refractivity contribution in [1.82, 2.24) is 51.2 Å². The molecular formula is C30H48N12. The number of anilines is 2. The van der Waals surface area contributed by atoms with E-state index in [0.29, 0.717) is 23.7 Å². The van der Waals surface area contributed by atoms with E-state index in [1.54, 1.807) is 0 Å². The fraction of sp³-hybridized carbons (Fsp3) is 0.800. The highest BCUT2D eigenvalue weighted by Gasteiger charge is 2.30. The molecule has 228 valence electrons. The predicted octanol–water partition coefficient (Wildman–Crippen LogP) is 1.25. The Labute approximate surface area is 249 Å². The number of piperazine rings is 1. The van der Waals surface area contributed by atoms with E-state index >= 15 is 0 Å². The number of nitrogens with zero attached hydrogens (tertiary/aromatic N) is 8. The molecule has 0 saturated carbocycles. The summed E-state index contributed by atoms with van der Waals surface area (Å²) in [6.45, 7) is 11.8. The largest absolute Gasteiger partial charge is 0.337 e. The Bertz CT molecular complexity index is 997. The lowest BCUT2D eigenvalue weighted by molar-refractivity contribution is 0.422. The van der Waals surface area contributed by atoms with E-state index in [-0.39, 0.29) is 0 Å². The Balaban J connectivity index is 1.11. The van der Waals surface area contributed by atoms with Crippen LogP contribution >= 0.6 is 0 Å². The van der Waals surface area contributed by atoms with E-state index in [9.17, 15) is 0 Å². The Morgan fingerprint density at radius 3 is 0.833 bits per heavy atom. The van der Waals surface area contributed by atoms with E-state index in [2.05, 4.69) is 31.1 Å². The first kappa shape index (κ1) is 28.2. The lowest BCUT2D eigenvalue weighted by atomic mass is 9.95. The number of aromatic nitrogens is 6. The molecule has 0 unspecified atom stereocenters. The summed E-state index contributed by atoms with van der Waals surface area (Å²) in [5.41, 5.74) is 0. The molecule has 5 aliphatic rings. The second-order valence-electron chi connectivity index (χ2n) is 12.8. The van der Waals surface area contributed by atoms with Crippen molar-refractivity contribution in [1.29, 1.82) is 0 Å². The van der Waals surface area contributed by atoms with Gasteiger partial charge >= 0.3 is 0 Å². The van der Waals surface area contributed by atoms with Crippen LogP contribution in [0.15, 0.2) is 0 Å². The lowest BCUT2D eigenvalue weighted by Gasteiger charge is -2.36. The molecule has 5 aliphatic heterocycles. The van der Waals surface area contributed by atoms with Crippen LogP contribution < -0.4 is 31.1 Å². The molecule has 12 nitrogen and oxygen atoms in total. The van der Waals surface area contributed by atoms with Gasteiger partial charge in [0, 0.05) is 49.9 Å². The van der Waals surface area contributed by atoms with Gasteiger partial charge in [-0.3, -0.25) is 0 Å². The van der Waals surface area contributed by atoms with Crippen molar-refractivity contribution < 1.29 is 0 Å². The molecule has 0 aliphatic carbocycles. The molecule has 7 heterocycles. The lowest BCUT2D eigenvalue weighted by Crippen LogP contribution is -2.48. The van der Waals surface area contributed by atoms with Crippen molar-refractivity contribution in [3.63, 3.8) is 0 Å². The zero-order chi connectivity index (χ0) is 28.1. The van der Waals surface area contributed by atoms with Gasteiger partial charge in [-0.05, 0) is 104 Å². The standard InChI is InChI=1S/C30H48N12/c1-9-31-10-2-21(1)25-35-26(22-3-11-32-12-4-22)38-29(37-25)41-17-19-42(20-18-41)30-39-27(23-5-13-33-14-6-23)36-28(40-30)24-7-15-34-16-8-24/h21-24,31-34H,1-20H2. The number of rotatable bonds is 6. The van der Waals surface area contributed by atoms with Gasteiger partial charge in [-0.15, -0.1) is 0 Å². The molecule has 0 bridgehead atoms. The molecule has 4 N–H and O–H groups in total. The predicted molar refractivity (Wildman–Crippen MR) is 163 cm³/mol. The molecular weight excluding hydrogens is 528 g/mol. The second kappa shape index (κ2) is 13.4. The highest BCUT2D eigenvalue weighted by Crippen LogP contribution is 2.31. The molecule has 0 spiro atoms. The van der Waals surface area contributed by atoms with Crippen molar-refractivity contribution in [2.75, 3.05) is 88.3 Å². The highest BCUT2D eigenvalue weighted by molar-refractivity contribution is 5.39. The highest BCUT2D eigenvalue weighted by atomic mass is 15.4. The van der Waals surface area contributed by atoms with E-state index in [4.69, 9.17) is 29.9 Å². The molecule has 2 aromatic rings. The average molecular weight is 577 g/mol. The summed E-state index contributed by atoms with van der Waals surface area (Å²) in [6.07, 6.45) is 8.79. The summed E-state index contributed by atoms with van der Waals surface area (Å²) in [6, 6.07) is 0. The number of hydrogen-bond acceptors (Lipinski definition) is 12. The topological polar surface area (TPSA) is 132 Å². The minimum absolute atomic E-state index is 0.418. The van der Waals surface area contributed by atoms with Gasteiger partial charge in [-0.25, -0.2) is 9.97 Å². The third-order valence-electron chi connectivity index (χ3n) is 9.98. The zero-order valence-electron chi connectivity index (χ0n) is 25.0. The van der Waals surface area contributed by atoms with Crippen molar-refractivity contribution >= 4 is 11.9 Å². The molecule has 5 fully saturated rings. The first-order valence-corrected chi connectivity index (χ1v) is 16.6. The molecule has 0 aromatic carbocycles. The van der Waals surface area contributed by atoms with Gasteiger partial charge < -0.3 is 31.1 Å². The Morgan fingerprint density at radius 2 is 0.595 bits per heavy atom. The average Bonchev–Trinajstić information content (AvgIpc) is 3.09. The van der Waals surface area contributed by atoms with E-state index in [1.807, 2.05) is 0 Å². The number of hydrogen-bond donors (Lipinski definition) is 4. The van der Waals surface area contributed by atoms with E-state index in [1.165, 1.54) is 0 Å². The summed E-state index contributed by atoms with van der Waals surface area (Å²) < 4.78 is 0. The van der Waals surface area contributed by atoms with Gasteiger partial charge in [-0.2, -0.15) is 19.9 Å². The molecule has 0 amide bonds. The number of nitrogens with one attached hydrogen (secondary N) is 4. The Kier molecular flexibility index (Phi) is 9.01. The van der Waals surface area contributed by atoms with Crippen LogP contribution in [-0.4, -0.2) is 108 Å². The monoisotopic (exact) mass is 576 g/mol. The molecule has 12 heteroatoms. The smallest absolute Gasteiger partial charge is 0.228 e. The second-order valence-corrected chi connectivity index (χ2v) is 12.8. The van der Waals surface area contributed by atoms with Crippen LogP contribution in [0.25, 0.3) is 0 Å². The summed E-state index contributed by atoms with van der Waals surface area (Å²) in [4.78, 5) is 35.4. The van der Waals surface area contributed by atoms with Gasteiger partial charge in [0.2, 0.25) is 11.9 Å². The van der Waals surface area contributed by atoms with E-state index < -0.39 is 0 Å². The summed E-state index contributed by atoms with van der Waals surface area (Å²) in [7, 11) is 0. The maximum atomic E-state index is 5.11. The summed E-state index contributed by atoms with van der Waals surface area (Å²) in [5, 5.41) is 14.0. The van der Waals surface area contributed by atoms with Gasteiger partial charge in [0.25, 0.3) is 0 Å². The molecule has 0 atom stereocenters. The fourth-order valence-electron chi connectivity index (χ4n) is 7.23. The minimum atomic E-state index is 0.418. The van der Waals surface area contributed by atoms with Crippen LogP contribution in [0, 0.1) is 0 Å². The van der Waals surface area contributed by atoms with Gasteiger partial charge in [-0.1, -0.05) is 0 Å². The maximum absolute atomic E-state index is 5.11. The van der Waals surface area contributed by atoms with Gasteiger partial charge in [0.1, 0.15) is 23.3 Å². The van der Waals surface area contributed by atoms with Crippen molar-refractivity contribution in [3.05, 3.63) is 23.3 Å². The third kappa shape index (κ3) is 6.51. The van der Waals surface area contributed by atoms with Crippen LogP contribution in [0.4, 0.5) is 11.9 Å². The minimum Gasteiger partial charge on any atom is -0.337 e. The Morgan fingerprint density at radius 1 is 0.357 bits per heavy atom. The molecule has 7 rings (SSSR count). The van der Waals surface area contributed by atoms with Crippen LogP contribution in [0.1, 0.15) is 98.3 Å². The first-order valence-electron chi connectivity index (χ1n) is 16.6. The maximum Gasteiger partial charge on any atom is 0.228 e. The van der Waals surface area contributed by atoms with Gasteiger partial charge in [0.15, 0.2) is 0 Å². The molecule has 2 aromatic heterocycles. The normalized spacial score (nSPS) is 24.3. The van der Waals surface area contributed by atoms with Crippen LogP contribution in [0.5, 0.6) is 0 Å². The first-order chi connectivity index (χ1) is 20.8. The summed E-state index contributed by atoms with van der Waals surface area (Å²) >= 11 is 0. The van der Waals surface area contributed by atoms with Crippen LogP contribution in [-0.2, 0) is 0 Å². The third-order valence-corrected chi connectivity index (χ3v) is 9.98. The SMILES string of the molecule is C1CC(c2nc(C3CCNCC3)nc(N3CCN(c4nc(C5CCNCC5)nc(C5CCNCC5)n4)CC3)n2)CCN1. The van der Waals surface area contributed by atoms with Crippen LogP contribution in [0.2, 0.25) is 0 Å². The zero-order valence-corrected chi connectivity index (χ0v) is 25.0. The van der Waals surface area contributed by atoms with Gasteiger partial charge in [0.05, 0.1) is 0 Å². The van der Waals surface area contributed by atoms with Crippen LogP contribution in [0.3, 0.4) is 0 Å². The fourth-order valence-corrected chi connectivity index (χ4v) is 7.23. The van der Waals surface area contributed by atoms with E-state index in [0.717, 1.165) is 165 Å². The number of piperidine rings is 4. The van der Waals surface area contributed by atoms with Crippen molar-refractivity contribution in [2.45, 2.75) is 75.0 Å². The quantitative estimate of drug-likeness (QED) is 0.395. The molecule has 5 saturated heterocycles. The summed E-state index contributed by atoms with van der Waals surface area (Å²) in [5.74, 6) is 7.44. The van der Waals surface area contributed by atoms with Crippen molar-refractivity contribution in [3.8, 4) is 0 Å². The Hall–Kier alpha value is -2.54. The molecule has 42 heavy (non-hydrogen) atoms.